The minimum Gasteiger partial charge on any atom is -0.496 e. The molecule has 26 heavy (non-hydrogen) atoms. The summed E-state index contributed by atoms with van der Waals surface area (Å²) in [5.74, 6) is -0.656. The van der Waals surface area contributed by atoms with Gasteiger partial charge in [-0.3, -0.25) is 20.2 Å². The van der Waals surface area contributed by atoms with E-state index in [0.717, 1.165) is 11.3 Å². The van der Waals surface area contributed by atoms with Gasteiger partial charge in [0.25, 0.3) is 11.6 Å². The number of thiazole rings is 1. The van der Waals surface area contributed by atoms with Gasteiger partial charge >= 0.3 is 0 Å². The second kappa shape index (κ2) is 7.28. The van der Waals surface area contributed by atoms with Crippen LogP contribution in [0.15, 0.2) is 47.8 Å². The number of rotatable bonds is 5. The summed E-state index contributed by atoms with van der Waals surface area (Å²) in [6, 6.07) is 9.65. The molecule has 3 rings (SSSR count). The third-order valence-corrected chi connectivity index (χ3v) is 4.27. The van der Waals surface area contributed by atoms with Crippen LogP contribution in [0.4, 0.5) is 15.2 Å². The van der Waals surface area contributed by atoms with Crippen molar-refractivity contribution in [3.05, 3.63) is 69.3 Å². The SMILES string of the molecule is COc1ccc(F)cc1-c1csc(NC(=O)c2ccccc2[N+](=O)[O-])n1. The van der Waals surface area contributed by atoms with Crippen LogP contribution in [0, 0.1) is 15.9 Å². The lowest BCUT2D eigenvalue weighted by atomic mass is 10.1. The number of ether oxygens (including phenoxy) is 1. The number of nitrogens with zero attached hydrogens (tertiary/aromatic N) is 2. The molecule has 132 valence electrons. The molecule has 0 aliphatic heterocycles. The minimum absolute atomic E-state index is 0.0717. The zero-order chi connectivity index (χ0) is 18.7. The lowest BCUT2D eigenvalue weighted by molar-refractivity contribution is -0.385. The number of carbonyl (C=O) groups is 1. The van der Waals surface area contributed by atoms with Crippen molar-refractivity contribution in [3.8, 4) is 17.0 Å². The van der Waals surface area contributed by atoms with Crippen LogP contribution in [-0.4, -0.2) is 22.9 Å². The molecule has 0 aliphatic rings. The van der Waals surface area contributed by atoms with Crippen LogP contribution < -0.4 is 10.1 Å². The molecule has 1 heterocycles. The number of aromatic nitrogens is 1. The normalized spacial score (nSPS) is 10.4. The summed E-state index contributed by atoms with van der Waals surface area (Å²) in [4.78, 5) is 27.0. The van der Waals surface area contributed by atoms with E-state index in [1.165, 1.54) is 49.6 Å². The first-order valence-electron chi connectivity index (χ1n) is 7.34. The first-order valence-corrected chi connectivity index (χ1v) is 8.21. The predicted octanol–water partition coefficient (Wildman–Crippen LogP) is 4.12. The number of carbonyl (C=O) groups excluding carboxylic acids is 1. The van der Waals surface area contributed by atoms with Crippen LogP contribution in [0.1, 0.15) is 10.4 Å². The Morgan fingerprint density at radius 1 is 1.31 bits per heavy atom. The number of para-hydroxylation sites is 1. The van der Waals surface area contributed by atoms with Gasteiger partial charge in [-0.1, -0.05) is 12.1 Å². The number of anilines is 1. The van der Waals surface area contributed by atoms with Crippen molar-refractivity contribution in [3.63, 3.8) is 0 Å². The molecule has 2 aromatic carbocycles. The zero-order valence-corrected chi connectivity index (χ0v) is 14.2. The number of hydrogen-bond acceptors (Lipinski definition) is 6. The van der Waals surface area contributed by atoms with E-state index in [1.54, 1.807) is 5.38 Å². The number of halogens is 1. The van der Waals surface area contributed by atoms with Crippen LogP contribution >= 0.6 is 11.3 Å². The van der Waals surface area contributed by atoms with Crippen molar-refractivity contribution in [2.45, 2.75) is 0 Å². The molecule has 0 atom stereocenters. The molecule has 0 aliphatic carbocycles. The highest BCUT2D eigenvalue weighted by atomic mass is 32.1. The van der Waals surface area contributed by atoms with E-state index in [9.17, 15) is 19.3 Å². The molecule has 1 N–H and O–H groups in total. The number of nitrogens with one attached hydrogen (secondary N) is 1. The summed E-state index contributed by atoms with van der Waals surface area (Å²) in [7, 11) is 1.46. The lowest BCUT2D eigenvalue weighted by Gasteiger charge is -2.06. The number of amides is 1. The quantitative estimate of drug-likeness (QED) is 0.536. The van der Waals surface area contributed by atoms with E-state index in [-0.39, 0.29) is 16.4 Å². The molecule has 0 spiro atoms. The van der Waals surface area contributed by atoms with E-state index in [2.05, 4.69) is 10.3 Å². The predicted molar refractivity (Wildman–Crippen MR) is 95.1 cm³/mol. The van der Waals surface area contributed by atoms with Gasteiger partial charge in [-0.15, -0.1) is 11.3 Å². The second-order valence-corrected chi connectivity index (χ2v) is 5.97. The number of nitro groups is 1. The van der Waals surface area contributed by atoms with Gasteiger partial charge in [0.1, 0.15) is 17.1 Å². The second-order valence-electron chi connectivity index (χ2n) is 5.11. The number of methoxy groups -OCH3 is 1. The summed E-state index contributed by atoms with van der Waals surface area (Å²) in [6.45, 7) is 0. The van der Waals surface area contributed by atoms with Crippen molar-refractivity contribution < 1.29 is 18.8 Å². The van der Waals surface area contributed by atoms with Gasteiger partial charge in [0, 0.05) is 17.0 Å². The van der Waals surface area contributed by atoms with Gasteiger partial charge in [-0.2, -0.15) is 0 Å². The molecular formula is C17H12FN3O4S. The number of benzene rings is 2. The average molecular weight is 373 g/mol. The first-order chi connectivity index (χ1) is 12.5. The third-order valence-electron chi connectivity index (χ3n) is 3.51. The molecular weight excluding hydrogens is 361 g/mol. The van der Waals surface area contributed by atoms with Crippen molar-refractivity contribution in [2.24, 2.45) is 0 Å². The average Bonchev–Trinajstić information content (AvgIpc) is 3.10. The van der Waals surface area contributed by atoms with Gasteiger partial charge in [0.15, 0.2) is 5.13 Å². The molecule has 3 aromatic rings. The molecule has 0 radical (unpaired) electrons. The van der Waals surface area contributed by atoms with Gasteiger partial charge in [0.2, 0.25) is 0 Å². The van der Waals surface area contributed by atoms with Crippen LogP contribution in [0.25, 0.3) is 11.3 Å². The number of hydrogen-bond donors (Lipinski definition) is 1. The Morgan fingerprint density at radius 3 is 2.81 bits per heavy atom. The highest BCUT2D eigenvalue weighted by Crippen LogP contribution is 2.33. The maximum absolute atomic E-state index is 13.5. The third kappa shape index (κ3) is 3.52. The summed E-state index contributed by atoms with van der Waals surface area (Å²) in [5, 5.41) is 15.4. The number of nitro benzene ring substituents is 1. The maximum atomic E-state index is 13.5. The Labute approximate surface area is 151 Å². The molecule has 0 bridgehead atoms. The van der Waals surface area contributed by atoms with Gasteiger partial charge in [-0.05, 0) is 24.3 Å². The molecule has 7 nitrogen and oxygen atoms in total. The molecule has 0 fully saturated rings. The Kier molecular flexibility index (Phi) is 4.90. The molecule has 0 saturated carbocycles. The lowest BCUT2D eigenvalue weighted by Crippen LogP contribution is -2.13. The fourth-order valence-electron chi connectivity index (χ4n) is 2.32. The summed E-state index contributed by atoms with van der Waals surface area (Å²) < 4.78 is 18.7. The molecule has 1 aromatic heterocycles. The minimum atomic E-state index is -0.649. The Morgan fingerprint density at radius 2 is 2.08 bits per heavy atom. The fourth-order valence-corrected chi connectivity index (χ4v) is 3.03. The monoisotopic (exact) mass is 373 g/mol. The molecule has 0 saturated heterocycles. The van der Waals surface area contributed by atoms with Crippen LogP contribution in [0.3, 0.4) is 0 Å². The van der Waals surface area contributed by atoms with Gasteiger partial charge in [0.05, 0.1) is 17.7 Å². The largest absolute Gasteiger partial charge is 0.496 e. The van der Waals surface area contributed by atoms with E-state index in [4.69, 9.17) is 4.74 Å². The Balaban J connectivity index is 1.87. The summed E-state index contributed by atoms with van der Waals surface area (Å²) in [5.41, 5.74) is 0.491. The zero-order valence-electron chi connectivity index (χ0n) is 13.4. The van der Waals surface area contributed by atoms with Crippen molar-refractivity contribution in [1.82, 2.24) is 4.98 Å². The van der Waals surface area contributed by atoms with Crippen LogP contribution in [0.2, 0.25) is 0 Å². The van der Waals surface area contributed by atoms with E-state index < -0.39 is 16.6 Å². The van der Waals surface area contributed by atoms with Crippen molar-refractivity contribution in [1.29, 1.82) is 0 Å². The Hall–Kier alpha value is -3.33. The van der Waals surface area contributed by atoms with Gasteiger partial charge in [-0.25, -0.2) is 9.37 Å². The van der Waals surface area contributed by atoms with E-state index in [0.29, 0.717) is 17.0 Å². The van der Waals surface area contributed by atoms with Crippen molar-refractivity contribution >= 4 is 28.1 Å². The summed E-state index contributed by atoms with van der Waals surface area (Å²) >= 11 is 1.12. The van der Waals surface area contributed by atoms with Crippen molar-refractivity contribution in [2.75, 3.05) is 12.4 Å². The Bertz CT molecular complexity index is 990. The first kappa shape index (κ1) is 17.5. The standard InChI is InChI=1S/C17H12FN3O4S/c1-25-15-7-6-10(18)8-12(15)13-9-26-17(19-13)20-16(22)11-4-2-3-5-14(11)21(23)24/h2-9H,1H3,(H,19,20,22). The molecule has 0 unspecified atom stereocenters. The molecule has 1 amide bonds. The highest BCUT2D eigenvalue weighted by molar-refractivity contribution is 7.14. The van der Waals surface area contributed by atoms with Gasteiger partial charge < -0.3 is 4.74 Å². The maximum Gasteiger partial charge on any atom is 0.282 e. The summed E-state index contributed by atoms with van der Waals surface area (Å²) in [6.07, 6.45) is 0. The van der Waals surface area contributed by atoms with E-state index in [1.807, 2.05) is 0 Å². The van der Waals surface area contributed by atoms with E-state index >= 15 is 0 Å². The van der Waals surface area contributed by atoms with Crippen LogP contribution in [-0.2, 0) is 0 Å². The molecule has 9 heteroatoms. The fraction of sp³-hybridized carbons (Fsp3) is 0.0588. The smallest absolute Gasteiger partial charge is 0.282 e. The van der Waals surface area contributed by atoms with Crippen LogP contribution in [0.5, 0.6) is 5.75 Å². The highest BCUT2D eigenvalue weighted by Gasteiger charge is 2.20. The topological polar surface area (TPSA) is 94.4 Å².